The Kier molecular flexibility index (Phi) is 4.00. The summed E-state index contributed by atoms with van der Waals surface area (Å²) in [7, 11) is 1.58. The molecule has 8 heteroatoms. The van der Waals surface area contributed by atoms with Crippen molar-refractivity contribution < 1.29 is 9.53 Å². The van der Waals surface area contributed by atoms with Gasteiger partial charge in [0, 0.05) is 10.7 Å². The molecule has 1 aliphatic heterocycles. The summed E-state index contributed by atoms with van der Waals surface area (Å²) < 4.78 is 7.81. The van der Waals surface area contributed by atoms with E-state index in [0.717, 1.165) is 5.56 Å². The Morgan fingerprint density at radius 3 is 2.42 bits per heavy atom. The first-order chi connectivity index (χ1) is 12.6. The number of nitrogens with zero attached hydrogens (tertiary/aromatic N) is 4. The van der Waals surface area contributed by atoms with Crippen LogP contribution in [0.1, 0.15) is 11.4 Å². The number of ether oxygens (including phenoxy) is 1. The van der Waals surface area contributed by atoms with E-state index in [1.165, 1.54) is 9.36 Å². The van der Waals surface area contributed by atoms with Crippen molar-refractivity contribution in [2.24, 2.45) is 0 Å². The normalized spacial score (nSPS) is 13.2. The molecule has 0 unspecified atom stereocenters. The maximum atomic E-state index is 12.9. The van der Waals surface area contributed by atoms with E-state index < -0.39 is 5.69 Å². The summed E-state index contributed by atoms with van der Waals surface area (Å²) in [4.78, 5) is 30.7. The van der Waals surface area contributed by atoms with Crippen molar-refractivity contribution in [3.63, 3.8) is 0 Å². The van der Waals surface area contributed by atoms with Crippen LogP contribution in [-0.2, 0) is 13.1 Å². The number of aromatic nitrogens is 3. The van der Waals surface area contributed by atoms with Crippen LogP contribution in [0.3, 0.4) is 0 Å². The second-order valence-electron chi connectivity index (χ2n) is 5.87. The largest absolute Gasteiger partial charge is 0.497 e. The lowest BCUT2D eigenvalue weighted by Gasteiger charge is -2.16. The van der Waals surface area contributed by atoms with Crippen molar-refractivity contribution >= 4 is 23.3 Å². The van der Waals surface area contributed by atoms with Crippen LogP contribution in [0.25, 0.3) is 0 Å². The molecular formula is C18H15ClN4O3. The summed E-state index contributed by atoms with van der Waals surface area (Å²) in [6.45, 7) is 0.485. The second kappa shape index (κ2) is 6.34. The molecule has 1 amide bonds. The summed E-state index contributed by atoms with van der Waals surface area (Å²) in [5, 5.41) is 0.612. The average molecular weight is 371 g/mol. The first-order valence-electron chi connectivity index (χ1n) is 7.96. The minimum absolute atomic E-state index is 0.241. The number of benzene rings is 2. The number of halogens is 1. The highest BCUT2D eigenvalue weighted by Gasteiger charge is 2.33. The van der Waals surface area contributed by atoms with Gasteiger partial charge in [-0.15, -0.1) is 0 Å². The van der Waals surface area contributed by atoms with Gasteiger partial charge < -0.3 is 4.74 Å². The van der Waals surface area contributed by atoms with E-state index in [9.17, 15) is 9.59 Å². The molecule has 7 nitrogen and oxygen atoms in total. The zero-order chi connectivity index (χ0) is 18.3. The first-order valence-corrected chi connectivity index (χ1v) is 8.34. The fourth-order valence-electron chi connectivity index (χ4n) is 2.94. The Labute approximate surface area is 154 Å². The Balaban J connectivity index is 1.65. The highest BCUT2D eigenvalue weighted by Crippen LogP contribution is 2.25. The summed E-state index contributed by atoms with van der Waals surface area (Å²) in [6.07, 6.45) is 0. The van der Waals surface area contributed by atoms with Crippen LogP contribution >= 0.6 is 11.6 Å². The van der Waals surface area contributed by atoms with Crippen LogP contribution in [0.15, 0.2) is 53.3 Å². The molecule has 0 N–H and O–H groups in total. The van der Waals surface area contributed by atoms with Gasteiger partial charge in [0.05, 0.1) is 20.2 Å². The number of hydrogen-bond donors (Lipinski definition) is 0. The predicted octanol–water partition coefficient (Wildman–Crippen LogP) is 2.74. The van der Waals surface area contributed by atoms with E-state index in [2.05, 4.69) is 4.98 Å². The van der Waals surface area contributed by atoms with Gasteiger partial charge in [-0.1, -0.05) is 23.7 Å². The highest BCUT2D eigenvalue weighted by molar-refractivity contribution is 6.30. The molecule has 0 saturated heterocycles. The molecule has 0 fully saturated rings. The number of fused-ring (bicyclic) bond motifs is 1. The fraction of sp³-hybridized carbons (Fsp3) is 0.167. The van der Waals surface area contributed by atoms with Crippen molar-refractivity contribution in [2.45, 2.75) is 13.1 Å². The maximum Gasteiger partial charge on any atom is 0.364 e. The van der Waals surface area contributed by atoms with E-state index in [0.29, 0.717) is 22.3 Å². The molecular weight excluding hydrogens is 356 g/mol. The molecule has 0 saturated carbocycles. The van der Waals surface area contributed by atoms with Gasteiger partial charge in [-0.25, -0.2) is 14.3 Å². The van der Waals surface area contributed by atoms with Gasteiger partial charge in [-0.3, -0.25) is 4.90 Å². The molecule has 2 aromatic carbocycles. The van der Waals surface area contributed by atoms with Crippen LogP contribution in [0, 0.1) is 0 Å². The number of carbonyl (C=O) groups excluding carboxylic acids is 1. The average Bonchev–Trinajstić information content (AvgIpc) is 3.13. The minimum atomic E-state index is -0.447. The third-order valence-electron chi connectivity index (χ3n) is 4.27. The molecule has 0 spiro atoms. The Morgan fingerprint density at radius 1 is 1.08 bits per heavy atom. The third-order valence-corrected chi connectivity index (χ3v) is 4.52. The van der Waals surface area contributed by atoms with Crippen molar-refractivity contribution in [3.8, 4) is 5.75 Å². The van der Waals surface area contributed by atoms with Gasteiger partial charge in [0.2, 0.25) is 0 Å². The molecule has 0 aliphatic carbocycles. The van der Waals surface area contributed by atoms with Crippen LogP contribution in [0.4, 0.5) is 10.5 Å². The van der Waals surface area contributed by atoms with Gasteiger partial charge in [0.1, 0.15) is 5.75 Å². The van der Waals surface area contributed by atoms with Crippen LogP contribution in [-0.4, -0.2) is 27.5 Å². The molecule has 132 valence electrons. The van der Waals surface area contributed by atoms with Crippen molar-refractivity contribution in [3.05, 3.63) is 75.4 Å². The monoisotopic (exact) mass is 370 g/mol. The van der Waals surface area contributed by atoms with Crippen molar-refractivity contribution in [1.29, 1.82) is 0 Å². The number of anilines is 1. The number of rotatable bonds is 4. The lowest BCUT2D eigenvalue weighted by molar-refractivity contribution is 0.244. The zero-order valence-electron chi connectivity index (χ0n) is 13.9. The topological polar surface area (TPSA) is 69.4 Å². The van der Waals surface area contributed by atoms with E-state index in [1.807, 2.05) is 12.1 Å². The van der Waals surface area contributed by atoms with Crippen LogP contribution < -0.4 is 15.3 Å². The lowest BCUT2D eigenvalue weighted by atomic mass is 10.2. The lowest BCUT2D eigenvalue weighted by Crippen LogP contribution is -2.34. The molecule has 26 heavy (non-hydrogen) atoms. The summed E-state index contributed by atoms with van der Waals surface area (Å²) >= 11 is 5.89. The molecule has 1 aromatic heterocycles. The molecule has 2 heterocycles. The Morgan fingerprint density at radius 2 is 1.77 bits per heavy atom. The summed E-state index contributed by atoms with van der Waals surface area (Å²) in [5.74, 6) is 1.13. The van der Waals surface area contributed by atoms with E-state index in [1.54, 1.807) is 48.4 Å². The number of hydrogen-bond acceptors (Lipinski definition) is 4. The van der Waals surface area contributed by atoms with Gasteiger partial charge in [-0.2, -0.15) is 9.67 Å². The summed E-state index contributed by atoms with van der Waals surface area (Å²) in [6, 6.07) is 14.0. The molecule has 0 radical (unpaired) electrons. The van der Waals surface area contributed by atoms with Crippen molar-refractivity contribution in [1.82, 2.24) is 14.3 Å². The van der Waals surface area contributed by atoms with Gasteiger partial charge >= 0.3 is 11.7 Å². The zero-order valence-corrected chi connectivity index (χ0v) is 14.7. The molecule has 1 aliphatic rings. The van der Waals surface area contributed by atoms with Gasteiger partial charge in [0.25, 0.3) is 0 Å². The number of methoxy groups -OCH3 is 1. The van der Waals surface area contributed by atoms with Gasteiger partial charge in [0.15, 0.2) is 5.82 Å². The summed E-state index contributed by atoms with van der Waals surface area (Å²) in [5.41, 5.74) is 1.12. The second-order valence-corrected chi connectivity index (χ2v) is 6.31. The highest BCUT2D eigenvalue weighted by atomic mass is 35.5. The van der Waals surface area contributed by atoms with E-state index in [-0.39, 0.29) is 19.1 Å². The third kappa shape index (κ3) is 2.76. The fourth-order valence-corrected chi connectivity index (χ4v) is 3.07. The first kappa shape index (κ1) is 16.4. The maximum absolute atomic E-state index is 12.9. The van der Waals surface area contributed by atoms with E-state index >= 15 is 0 Å². The van der Waals surface area contributed by atoms with Crippen LogP contribution in [0.5, 0.6) is 5.75 Å². The quantitative estimate of drug-likeness (QED) is 0.708. The van der Waals surface area contributed by atoms with Crippen molar-refractivity contribution in [2.75, 3.05) is 12.0 Å². The molecule has 0 bridgehead atoms. The molecule has 0 atom stereocenters. The Hall–Kier alpha value is -3.06. The molecule has 3 aromatic rings. The minimum Gasteiger partial charge on any atom is -0.497 e. The standard InChI is InChI=1S/C18H15ClN4O3/c1-26-15-8-6-14(7-9-15)21-11-16-20-17(24)22(23(16)18(21)25)10-12-2-4-13(19)5-3-12/h2-9H,10-11H2,1H3. The number of carbonyl (C=O) groups is 1. The smallest absolute Gasteiger partial charge is 0.364 e. The predicted molar refractivity (Wildman–Crippen MR) is 97.0 cm³/mol. The Bertz CT molecular complexity index is 1020. The van der Waals surface area contributed by atoms with Gasteiger partial charge in [-0.05, 0) is 42.0 Å². The molecule has 4 rings (SSSR count). The van der Waals surface area contributed by atoms with E-state index in [4.69, 9.17) is 16.3 Å². The SMILES string of the molecule is COc1ccc(N2Cc3nc(=O)n(Cc4ccc(Cl)cc4)n3C2=O)cc1. The number of amides is 1. The van der Waals surface area contributed by atoms with Crippen LogP contribution in [0.2, 0.25) is 5.02 Å².